The molecule has 4 nitrogen and oxygen atoms in total. The van der Waals surface area contributed by atoms with E-state index in [1.807, 2.05) is 18.2 Å². The van der Waals surface area contributed by atoms with Crippen LogP contribution in [-0.4, -0.2) is 16.1 Å². The number of carbonyl (C=O) groups is 2. The maximum absolute atomic E-state index is 13.0. The molecule has 0 amide bonds. The van der Waals surface area contributed by atoms with Crippen molar-refractivity contribution < 1.29 is 14.3 Å². The highest BCUT2D eigenvalue weighted by Gasteiger charge is 2.42. The van der Waals surface area contributed by atoms with Crippen LogP contribution in [0.3, 0.4) is 0 Å². The van der Waals surface area contributed by atoms with Crippen molar-refractivity contribution in [2.45, 2.75) is 51.0 Å². The molecule has 2 aromatic rings. The number of hydrogen-bond acceptors (Lipinski definition) is 3. The number of rotatable bonds is 3. The molecule has 0 bridgehead atoms. The number of carbonyl (C=O) groups excluding carboxylic acids is 2. The Labute approximate surface area is 164 Å². The van der Waals surface area contributed by atoms with Crippen LogP contribution >= 0.6 is 0 Å². The highest BCUT2D eigenvalue weighted by atomic mass is 16.5. The van der Waals surface area contributed by atoms with Crippen LogP contribution in [-0.2, 0) is 20.9 Å². The number of ketones is 2. The Morgan fingerprint density at radius 2 is 1.64 bits per heavy atom. The van der Waals surface area contributed by atoms with Crippen molar-refractivity contribution in [3.63, 3.8) is 0 Å². The Morgan fingerprint density at radius 1 is 1.00 bits per heavy atom. The van der Waals surface area contributed by atoms with Crippen molar-refractivity contribution in [1.82, 2.24) is 4.57 Å². The third-order valence-corrected chi connectivity index (χ3v) is 6.10. The molecule has 1 aromatic heterocycles. The molecule has 0 saturated carbocycles. The fourth-order valence-electron chi connectivity index (χ4n) is 4.92. The Balaban J connectivity index is 1.79. The van der Waals surface area contributed by atoms with Gasteiger partial charge in [0.2, 0.25) is 0 Å². The molecule has 3 aliphatic rings. The summed E-state index contributed by atoms with van der Waals surface area (Å²) in [7, 11) is 0. The van der Waals surface area contributed by atoms with E-state index in [1.54, 1.807) is 0 Å². The predicted octanol–water partition coefficient (Wildman–Crippen LogP) is 4.96. The van der Waals surface area contributed by atoms with E-state index in [1.165, 1.54) is 0 Å². The third-order valence-electron chi connectivity index (χ3n) is 6.10. The molecular weight excluding hydrogens is 350 g/mol. The number of hydrogen-bond donors (Lipinski definition) is 0. The minimum atomic E-state index is -0.310. The quantitative estimate of drug-likeness (QED) is 0.715. The molecule has 0 N–H and O–H groups in total. The van der Waals surface area contributed by atoms with Crippen molar-refractivity contribution in [2.24, 2.45) is 0 Å². The van der Waals surface area contributed by atoms with Crippen molar-refractivity contribution >= 4 is 22.5 Å². The first-order chi connectivity index (χ1) is 13.7. The molecule has 0 spiro atoms. The molecule has 0 radical (unpaired) electrons. The van der Waals surface area contributed by atoms with Crippen molar-refractivity contribution in [3.8, 4) is 0 Å². The summed E-state index contributed by atoms with van der Waals surface area (Å²) in [6, 6.07) is 8.19. The zero-order valence-electron chi connectivity index (χ0n) is 15.9. The third kappa shape index (κ3) is 2.51. The summed E-state index contributed by atoms with van der Waals surface area (Å²) in [6.45, 7) is 4.56. The number of fused-ring (bicyclic) bond motifs is 1. The van der Waals surface area contributed by atoms with Gasteiger partial charge in [0.15, 0.2) is 11.6 Å². The van der Waals surface area contributed by atoms with Crippen molar-refractivity contribution in [1.29, 1.82) is 0 Å². The zero-order chi connectivity index (χ0) is 19.3. The Morgan fingerprint density at radius 3 is 2.29 bits per heavy atom. The molecule has 28 heavy (non-hydrogen) atoms. The van der Waals surface area contributed by atoms with E-state index < -0.39 is 0 Å². The maximum atomic E-state index is 13.0. The molecule has 142 valence electrons. The Hall–Kier alpha value is -2.88. The van der Waals surface area contributed by atoms with Crippen LogP contribution in [0.4, 0.5) is 0 Å². The van der Waals surface area contributed by atoms with Crippen LogP contribution in [0, 0.1) is 0 Å². The van der Waals surface area contributed by atoms with Gasteiger partial charge in [0.25, 0.3) is 0 Å². The van der Waals surface area contributed by atoms with Crippen LogP contribution in [0.5, 0.6) is 0 Å². The second kappa shape index (κ2) is 6.62. The number of ether oxygens (including phenoxy) is 1. The van der Waals surface area contributed by atoms with E-state index in [0.717, 1.165) is 53.7 Å². The second-order valence-electron chi connectivity index (χ2n) is 7.80. The van der Waals surface area contributed by atoms with Crippen molar-refractivity contribution in [3.05, 3.63) is 71.3 Å². The first-order valence-electron chi connectivity index (χ1n) is 10.1. The van der Waals surface area contributed by atoms with Crippen LogP contribution < -0.4 is 0 Å². The van der Waals surface area contributed by atoms with Crippen LogP contribution in [0.2, 0.25) is 0 Å². The highest BCUT2D eigenvalue weighted by Crippen LogP contribution is 2.49. The maximum Gasteiger partial charge on any atom is 0.163 e. The standard InChI is InChI=1S/C24H23NO3/c1-2-13-25-14-16(15-7-3-4-8-17(15)25)22-23-18(26)9-5-11-20(23)28-21-12-6-10-19(27)24(21)22/h2-4,7-8,14,22H,1,5-6,9-13H2. The molecule has 0 atom stereocenters. The summed E-state index contributed by atoms with van der Waals surface area (Å²) >= 11 is 0. The normalized spacial score (nSPS) is 20.3. The molecule has 5 rings (SSSR count). The molecule has 1 aromatic carbocycles. The fraction of sp³-hybridized carbons (Fsp3) is 0.333. The van der Waals surface area contributed by atoms with E-state index in [-0.39, 0.29) is 17.5 Å². The van der Waals surface area contributed by atoms with Gasteiger partial charge < -0.3 is 9.30 Å². The van der Waals surface area contributed by atoms with E-state index in [4.69, 9.17) is 4.74 Å². The van der Waals surface area contributed by atoms with Gasteiger partial charge in [0.05, 0.1) is 0 Å². The van der Waals surface area contributed by atoms with Crippen LogP contribution in [0.15, 0.2) is 65.8 Å². The van der Waals surface area contributed by atoms with Gasteiger partial charge in [-0.05, 0) is 24.5 Å². The molecule has 1 aliphatic heterocycles. The van der Waals surface area contributed by atoms with Gasteiger partial charge in [0, 0.05) is 66.4 Å². The zero-order valence-corrected chi connectivity index (χ0v) is 15.9. The van der Waals surface area contributed by atoms with Gasteiger partial charge in [-0.2, -0.15) is 0 Å². The fourth-order valence-corrected chi connectivity index (χ4v) is 4.92. The predicted molar refractivity (Wildman–Crippen MR) is 108 cm³/mol. The van der Waals surface area contributed by atoms with Gasteiger partial charge >= 0.3 is 0 Å². The number of allylic oxidation sites excluding steroid dienone is 5. The lowest BCUT2D eigenvalue weighted by Gasteiger charge is -2.35. The number of para-hydroxylation sites is 1. The summed E-state index contributed by atoms with van der Waals surface area (Å²) in [4.78, 5) is 25.9. The molecule has 2 aliphatic carbocycles. The summed E-state index contributed by atoms with van der Waals surface area (Å²) in [6.07, 6.45) is 8.20. The Bertz CT molecular complexity index is 1040. The first kappa shape index (κ1) is 17.2. The smallest absolute Gasteiger partial charge is 0.163 e. The monoisotopic (exact) mass is 373 g/mol. The summed E-state index contributed by atoms with van der Waals surface area (Å²) in [5.74, 6) is 1.51. The lowest BCUT2D eigenvalue weighted by atomic mass is 9.73. The van der Waals surface area contributed by atoms with Crippen molar-refractivity contribution in [2.75, 3.05) is 0 Å². The summed E-state index contributed by atoms with van der Waals surface area (Å²) in [5.41, 5.74) is 3.55. The van der Waals surface area contributed by atoms with E-state index in [0.29, 0.717) is 30.5 Å². The van der Waals surface area contributed by atoms with Gasteiger partial charge in [-0.3, -0.25) is 9.59 Å². The summed E-state index contributed by atoms with van der Waals surface area (Å²) in [5, 5.41) is 1.09. The number of benzene rings is 1. The van der Waals surface area contributed by atoms with Crippen LogP contribution in [0.25, 0.3) is 10.9 Å². The minimum absolute atomic E-state index is 0.122. The molecule has 4 heteroatoms. The minimum Gasteiger partial charge on any atom is -0.465 e. The average molecular weight is 373 g/mol. The lowest BCUT2D eigenvalue weighted by Crippen LogP contribution is -2.30. The molecular formula is C24H23NO3. The number of nitrogens with zero attached hydrogens (tertiary/aromatic N) is 1. The van der Waals surface area contributed by atoms with Gasteiger partial charge in [0.1, 0.15) is 11.5 Å². The molecule has 0 unspecified atom stereocenters. The number of aromatic nitrogens is 1. The van der Waals surface area contributed by atoms with E-state index in [2.05, 4.69) is 29.5 Å². The average Bonchev–Trinajstić information content (AvgIpc) is 3.06. The Kier molecular flexibility index (Phi) is 4.08. The van der Waals surface area contributed by atoms with Gasteiger partial charge in [-0.25, -0.2) is 0 Å². The topological polar surface area (TPSA) is 48.3 Å². The lowest BCUT2D eigenvalue weighted by molar-refractivity contribution is -0.117. The molecule has 0 saturated heterocycles. The van der Waals surface area contributed by atoms with E-state index in [9.17, 15) is 9.59 Å². The van der Waals surface area contributed by atoms with Gasteiger partial charge in [-0.15, -0.1) is 6.58 Å². The van der Waals surface area contributed by atoms with Gasteiger partial charge in [-0.1, -0.05) is 24.3 Å². The van der Waals surface area contributed by atoms with Crippen LogP contribution in [0.1, 0.15) is 50.0 Å². The second-order valence-corrected chi connectivity index (χ2v) is 7.80. The molecule has 0 fully saturated rings. The SMILES string of the molecule is C=CCn1cc(C2C3=C(CCCC3=O)OC3=C2C(=O)CCC3)c2ccccc21. The highest BCUT2D eigenvalue weighted by molar-refractivity contribution is 6.07. The molecule has 2 heterocycles. The number of Topliss-reactive ketones (excluding diaryl/α,β-unsaturated/α-hetero) is 2. The van der Waals surface area contributed by atoms with E-state index >= 15 is 0 Å². The summed E-state index contributed by atoms with van der Waals surface area (Å²) < 4.78 is 8.29. The largest absolute Gasteiger partial charge is 0.465 e. The first-order valence-corrected chi connectivity index (χ1v) is 10.1.